The zero-order chi connectivity index (χ0) is 21.1. The fourth-order valence-electron chi connectivity index (χ4n) is 3.90. The third-order valence-electron chi connectivity index (χ3n) is 5.62. The number of benzene rings is 2. The number of carbonyl (C=O) groups is 1. The van der Waals surface area contributed by atoms with Gasteiger partial charge in [0.25, 0.3) is 5.91 Å². The molecule has 0 unspecified atom stereocenters. The van der Waals surface area contributed by atoms with Gasteiger partial charge in [0, 0.05) is 28.5 Å². The van der Waals surface area contributed by atoms with Gasteiger partial charge in [-0.15, -0.1) is 0 Å². The van der Waals surface area contributed by atoms with Crippen LogP contribution in [0.4, 0.5) is 5.69 Å². The lowest BCUT2D eigenvalue weighted by molar-refractivity contribution is 0.100. The van der Waals surface area contributed by atoms with Gasteiger partial charge in [0.1, 0.15) is 0 Å². The Morgan fingerprint density at radius 3 is 2.60 bits per heavy atom. The van der Waals surface area contributed by atoms with Gasteiger partial charge < -0.3 is 20.7 Å². The Hall–Kier alpha value is -2.70. The Morgan fingerprint density at radius 1 is 1.10 bits per heavy atom. The highest BCUT2D eigenvalue weighted by Gasteiger charge is 2.21. The summed E-state index contributed by atoms with van der Waals surface area (Å²) in [5, 5.41) is 14.4. The molecule has 1 aliphatic carbocycles. The van der Waals surface area contributed by atoms with Crippen LogP contribution in [0.25, 0.3) is 5.69 Å². The molecule has 156 valence electrons. The Kier molecular flexibility index (Phi) is 6.16. The Morgan fingerprint density at radius 2 is 1.87 bits per heavy atom. The van der Waals surface area contributed by atoms with E-state index in [4.69, 9.17) is 5.73 Å². The predicted octanol–water partition coefficient (Wildman–Crippen LogP) is 4.75. The number of carbonyl (C=O) groups excluding carboxylic acids is 1. The van der Waals surface area contributed by atoms with Crippen LogP contribution >= 0.6 is 11.8 Å². The van der Waals surface area contributed by atoms with E-state index in [-0.39, 0.29) is 12.1 Å². The average molecular weight is 422 g/mol. The van der Waals surface area contributed by atoms with Crippen LogP contribution in [0, 0.1) is 6.92 Å². The topological polar surface area (TPSA) is 80.3 Å². The van der Waals surface area contributed by atoms with E-state index in [0.29, 0.717) is 5.56 Å². The van der Waals surface area contributed by atoms with Crippen LogP contribution in [0.2, 0.25) is 0 Å². The summed E-state index contributed by atoms with van der Waals surface area (Å²) in [5.74, 6) is -0.443. The van der Waals surface area contributed by atoms with E-state index in [2.05, 4.69) is 35.0 Å². The number of amides is 1. The summed E-state index contributed by atoms with van der Waals surface area (Å²) in [6, 6.07) is 18.4. The predicted molar refractivity (Wildman–Crippen MR) is 121 cm³/mol. The number of aliphatic hydroxyl groups is 1. The lowest BCUT2D eigenvalue weighted by Crippen LogP contribution is -2.29. The molecule has 4 N–H and O–H groups in total. The molecule has 30 heavy (non-hydrogen) atoms. The molecule has 0 saturated heterocycles. The number of aliphatic hydroxyl groups excluding tert-OH is 1. The van der Waals surface area contributed by atoms with E-state index in [9.17, 15) is 9.90 Å². The van der Waals surface area contributed by atoms with Gasteiger partial charge in [0.15, 0.2) is 0 Å². The van der Waals surface area contributed by atoms with Gasteiger partial charge >= 0.3 is 0 Å². The second kappa shape index (κ2) is 8.98. The van der Waals surface area contributed by atoms with E-state index < -0.39 is 5.91 Å². The third-order valence-corrected chi connectivity index (χ3v) is 6.84. The molecule has 0 radical (unpaired) electrons. The molecule has 0 spiro atoms. The highest BCUT2D eigenvalue weighted by Crippen LogP contribution is 2.33. The first kappa shape index (κ1) is 20.6. The van der Waals surface area contributed by atoms with Crippen LogP contribution in [0.1, 0.15) is 41.6 Å². The van der Waals surface area contributed by atoms with Crippen LogP contribution in [0.3, 0.4) is 0 Å². The van der Waals surface area contributed by atoms with Crippen molar-refractivity contribution >= 4 is 23.4 Å². The van der Waals surface area contributed by atoms with Crippen molar-refractivity contribution in [2.24, 2.45) is 5.73 Å². The zero-order valence-electron chi connectivity index (χ0n) is 17.0. The quantitative estimate of drug-likeness (QED) is 0.536. The van der Waals surface area contributed by atoms with Crippen molar-refractivity contribution in [3.05, 3.63) is 71.9 Å². The molecular formula is C24H27N3O2S. The molecular weight excluding hydrogens is 394 g/mol. The second-order valence-electron chi connectivity index (χ2n) is 7.83. The largest absolute Gasteiger partial charge is 0.393 e. The maximum Gasteiger partial charge on any atom is 0.250 e. The lowest BCUT2D eigenvalue weighted by Gasteiger charge is -2.28. The van der Waals surface area contributed by atoms with Gasteiger partial charge in [-0.2, -0.15) is 0 Å². The maximum atomic E-state index is 12.0. The van der Waals surface area contributed by atoms with Crippen LogP contribution < -0.4 is 11.1 Å². The van der Waals surface area contributed by atoms with Crippen molar-refractivity contribution in [2.75, 3.05) is 5.32 Å². The van der Waals surface area contributed by atoms with E-state index in [1.165, 1.54) is 10.5 Å². The molecule has 1 aliphatic rings. The first-order chi connectivity index (χ1) is 14.5. The molecule has 0 atom stereocenters. The minimum Gasteiger partial charge on any atom is -0.393 e. The molecule has 0 aliphatic heterocycles. The highest BCUT2D eigenvalue weighted by molar-refractivity contribution is 7.99. The number of anilines is 1. The number of aryl methyl sites for hydroxylation is 1. The summed E-state index contributed by atoms with van der Waals surface area (Å²) < 4.78 is 2.12. The number of nitrogens with two attached hydrogens (primary N) is 1. The average Bonchev–Trinajstić information content (AvgIpc) is 3.19. The summed E-state index contributed by atoms with van der Waals surface area (Å²) in [4.78, 5) is 13.2. The molecule has 1 amide bonds. The van der Waals surface area contributed by atoms with Crippen molar-refractivity contribution in [1.29, 1.82) is 0 Å². The van der Waals surface area contributed by atoms with Crippen molar-refractivity contribution in [2.45, 2.75) is 54.7 Å². The molecule has 1 saturated carbocycles. The summed E-state index contributed by atoms with van der Waals surface area (Å²) in [7, 11) is 0. The third kappa shape index (κ3) is 4.55. The number of hydrogen-bond acceptors (Lipinski definition) is 4. The van der Waals surface area contributed by atoms with Gasteiger partial charge in [-0.25, -0.2) is 0 Å². The van der Waals surface area contributed by atoms with E-state index in [0.717, 1.165) is 42.1 Å². The van der Waals surface area contributed by atoms with Crippen LogP contribution in [-0.2, 0) is 0 Å². The van der Waals surface area contributed by atoms with Gasteiger partial charge in [0.2, 0.25) is 0 Å². The zero-order valence-corrected chi connectivity index (χ0v) is 17.9. The minimum absolute atomic E-state index is 0.217. The molecule has 4 rings (SSSR count). The van der Waals surface area contributed by atoms with Crippen LogP contribution in [0.5, 0.6) is 0 Å². The Labute approximate surface area is 181 Å². The molecule has 1 aromatic heterocycles. The van der Waals surface area contributed by atoms with Gasteiger partial charge in [-0.1, -0.05) is 30.0 Å². The van der Waals surface area contributed by atoms with E-state index in [1.54, 1.807) is 17.8 Å². The lowest BCUT2D eigenvalue weighted by atomic mass is 9.92. The summed E-state index contributed by atoms with van der Waals surface area (Å²) in [6.07, 6.45) is 5.12. The van der Waals surface area contributed by atoms with Gasteiger partial charge in [0.05, 0.1) is 16.7 Å². The molecule has 5 nitrogen and oxygen atoms in total. The minimum atomic E-state index is -0.443. The molecule has 1 heterocycles. The van der Waals surface area contributed by atoms with Crippen molar-refractivity contribution in [3.8, 4) is 5.69 Å². The smallest absolute Gasteiger partial charge is 0.250 e. The Bertz CT molecular complexity index is 1040. The fourth-order valence-corrected chi connectivity index (χ4v) is 4.91. The Balaban J connectivity index is 1.63. The van der Waals surface area contributed by atoms with Gasteiger partial charge in [-0.3, -0.25) is 4.79 Å². The molecule has 2 aromatic carbocycles. The monoisotopic (exact) mass is 421 g/mol. The standard InChI is InChI=1S/C24H27N3O2S/c1-16-5-2-3-6-22(16)30-23-7-4-14-27(23)18-10-13-20(24(25)29)21(15-18)26-17-8-11-19(28)12-9-17/h2-7,10,13-15,17,19,26,28H,8-9,11-12H2,1H3,(H2,25,29)/t17-,19-. The number of rotatable bonds is 6. The second-order valence-corrected chi connectivity index (χ2v) is 8.89. The SMILES string of the molecule is Cc1ccccc1Sc1cccn1-c1ccc(C(N)=O)c(N[C@H]2CC[C@H](O)CC2)c1. The van der Waals surface area contributed by atoms with Crippen molar-refractivity contribution in [1.82, 2.24) is 4.57 Å². The molecule has 0 bridgehead atoms. The maximum absolute atomic E-state index is 12.0. The number of aromatic nitrogens is 1. The summed E-state index contributed by atoms with van der Waals surface area (Å²) in [5.41, 5.74) is 9.08. The first-order valence-corrected chi connectivity index (χ1v) is 11.1. The molecule has 6 heteroatoms. The fraction of sp³-hybridized carbons (Fsp3) is 0.292. The van der Waals surface area contributed by atoms with Crippen molar-refractivity contribution in [3.63, 3.8) is 0 Å². The number of nitrogens with zero attached hydrogens (tertiary/aromatic N) is 1. The van der Waals surface area contributed by atoms with Crippen LogP contribution in [-0.4, -0.2) is 27.7 Å². The van der Waals surface area contributed by atoms with E-state index >= 15 is 0 Å². The summed E-state index contributed by atoms with van der Waals surface area (Å²) >= 11 is 1.72. The normalized spacial score (nSPS) is 18.9. The first-order valence-electron chi connectivity index (χ1n) is 10.3. The van der Waals surface area contributed by atoms with Gasteiger partial charge in [-0.05, 0) is 74.6 Å². The number of hydrogen-bond donors (Lipinski definition) is 3. The summed E-state index contributed by atoms with van der Waals surface area (Å²) in [6.45, 7) is 2.11. The number of nitrogens with one attached hydrogen (secondary N) is 1. The molecule has 1 fully saturated rings. The molecule has 3 aromatic rings. The van der Waals surface area contributed by atoms with Crippen molar-refractivity contribution < 1.29 is 9.90 Å². The number of primary amides is 1. The van der Waals surface area contributed by atoms with E-state index in [1.807, 2.05) is 36.5 Å². The highest BCUT2D eigenvalue weighted by atomic mass is 32.2. The van der Waals surface area contributed by atoms with Crippen LogP contribution in [0.15, 0.2) is 70.7 Å².